The molecule has 0 aromatic heterocycles. The van der Waals surface area contributed by atoms with Gasteiger partial charge >= 0.3 is 0 Å². The van der Waals surface area contributed by atoms with Gasteiger partial charge in [-0.2, -0.15) is 0 Å². The fourth-order valence-corrected chi connectivity index (χ4v) is 5.59. The van der Waals surface area contributed by atoms with Gasteiger partial charge in [-0.15, -0.1) is 0 Å². The van der Waals surface area contributed by atoms with E-state index in [0.717, 1.165) is 23.2 Å². The summed E-state index contributed by atoms with van der Waals surface area (Å²) in [6.07, 6.45) is 9.33. The van der Waals surface area contributed by atoms with Crippen molar-refractivity contribution in [1.82, 2.24) is 10.6 Å². The van der Waals surface area contributed by atoms with Crippen LogP contribution in [0.2, 0.25) is 0 Å². The predicted octanol–water partition coefficient (Wildman–Crippen LogP) is 4.59. The molecule has 0 saturated heterocycles. The molecule has 0 heterocycles. The number of nitrogens with one attached hydrogen (secondary N) is 2. The van der Waals surface area contributed by atoms with Crippen molar-refractivity contribution in [2.75, 3.05) is 6.54 Å². The molecule has 2 N–H and O–H groups in total. The van der Waals surface area contributed by atoms with Crippen LogP contribution in [0.5, 0.6) is 0 Å². The lowest BCUT2D eigenvalue weighted by Crippen LogP contribution is -2.51. The molecule has 22 heavy (non-hydrogen) atoms. The van der Waals surface area contributed by atoms with E-state index in [-0.39, 0.29) is 0 Å². The molecule has 0 aromatic carbocycles. The summed E-state index contributed by atoms with van der Waals surface area (Å²) in [6.45, 7) is 14.5. The molecule has 4 bridgehead atoms. The summed E-state index contributed by atoms with van der Waals surface area (Å²) in [6, 6.07) is 1.91. The SMILES string of the molecule is CC(C)NC(C)C.CC(C)NCC12CC3CC(CC(C3)C1)C2. The van der Waals surface area contributed by atoms with E-state index in [2.05, 4.69) is 52.2 Å². The van der Waals surface area contributed by atoms with Crippen LogP contribution in [0.3, 0.4) is 0 Å². The van der Waals surface area contributed by atoms with E-state index in [1.807, 2.05) is 0 Å². The van der Waals surface area contributed by atoms with Crippen LogP contribution in [0.1, 0.15) is 80.1 Å². The maximum absolute atomic E-state index is 3.70. The molecule has 4 fully saturated rings. The Kier molecular flexibility index (Phi) is 6.36. The average molecular weight is 309 g/mol. The number of hydrogen-bond donors (Lipinski definition) is 2. The summed E-state index contributed by atoms with van der Waals surface area (Å²) in [4.78, 5) is 0. The van der Waals surface area contributed by atoms with Crippen molar-refractivity contribution in [2.24, 2.45) is 23.2 Å². The van der Waals surface area contributed by atoms with Crippen molar-refractivity contribution in [2.45, 2.75) is 98.2 Å². The van der Waals surface area contributed by atoms with Gasteiger partial charge in [-0.1, -0.05) is 41.5 Å². The molecule has 0 spiro atoms. The molecule has 0 radical (unpaired) electrons. The number of rotatable bonds is 5. The van der Waals surface area contributed by atoms with Crippen LogP contribution in [0, 0.1) is 23.2 Å². The zero-order valence-corrected chi connectivity index (χ0v) is 15.9. The first kappa shape index (κ1) is 18.3. The lowest BCUT2D eigenvalue weighted by atomic mass is 9.49. The standard InChI is InChI=1S/C14H25N.C6H15N/c1-10(2)15-9-14-6-11-3-12(7-14)5-13(4-11)8-14;1-5(2)7-6(3)4/h10-13,15H,3-9H2,1-2H3;5-7H,1-4H3. The summed E-state index contributed by atoms with van der Waals surface area (Å²) in [5, 5.41) is 7.01. The third-order valence-electron chi connectivity index (χ3n) is 5.72. The highest BCUT2D eigenvalue weighted by atomic mass is 14.9. The van der Waals surface area contributed by atoms with E-state index in [1.54, 1.807) is 38.5 Å². The fourth-order valence-electron chi connectivity index (χ4n) is 5.59. The normalized spacial score (nSPS) is 36.1. The third-order valence-corrected chi connectivity index (χ3v) is 5.72. The third kappa shape index (κ3) is 5.23. The Bertz CT molecular complexity index is 291. The zero-order chi connectivity index (χ0) is 16.3. The van der Waals surface area contributed by atoms with Crippen LogP contribution in [-0.2, 0) is 0 Å². The van der Waals surface area contributed by atoms with Gasteiger partial charge < -0.3 is 10.6 Å². The van der Waals surface area contributed by atoms with Gasteiger partial charge in [0.2, 0.25) is 0 Å². The highest BCUT2D eigenvalue weighted by molar-refractivity contribution is 5.02. The van der Waals surface area contributed by atoms with Gasteiger partial charge in [0.15, 0.2) is 0 Å². The van der Waals surface area contributed by atoms with Gasteiger partial charge in [0.25, 0.3) is 0 Å². The van der Waals surface area contributed by atoms with E-state index < -0.39 is 0 Å². The summed E-state index contributed by atoms with van der Waals surface area (Å²) < 4.78 is 0. The molecule has 2 nitrogen and oxygen atoms in total. The highest BCUT2D eigenvalue weighted by Crippen LogP contribution is 2.59. The lowest BCUT2D eigenvalue weighted by molar-refractivity contribution is -0.0520. The van der Waals surface area contributed by atoms with Crippen LogP contribution in [0.25, 0.3) is 0 Å². The topological polar surface area (TPSA) is 24.1 Å². The lowest BCUT2D eigenvalue weighted by Gasteiger charge is -2.57. The molecule has 0 unspecified atom stereocenters. The Hall–Kier alpha value is -0.0800. The van der Waals surface area contributed by atoms with Gasteiger partial charge in [0, 0.05) is 24.7 Å². The predicted molar refractivity (Wildman–Crippen MR) is 97.2 cm³/mol. The number of hydrogen-bond acceptors (Lipinski definition) is 2. The van der Waals surface area contributed by atoms with Gasteiger partial charge in [0.1, 0.15) is 0 Å². The highest BCUT2D eigenvalue weighted by Gasteiger charge is 2.50. The minimum absolute atomic E-state index is 0.625. The Morgan fingerprint density at radius 1 is 0.727 bits per heavy atom. The van der Waals surface area contributed by atoms with E-state index >= 15 is 0 Å². The average Bonchev–Trinajstić information content (AvgIpc) is 2.34. The first-order valence-corrected chi connectivity index (χ1v) is 9.77. The summed E-state index contributed by atoms with van der Waals surface area (Å²) in [5.41, 5.74) is 0.721. The smallest absolute Gasteiger partial charge is 0.00127 e. The van der Waals surface area contributed by atoms with Crippen LogP contribution in [0.4, 0.5) is 0 Å². The molecule has 0 aromatic rings. The molecule has 2 heteroatoms. The van der Waals surface area contributed by atoms with Gasteiger partial charge in [-0.25, -0.2) is 0 Å². The van der Waals surface area contributed by atoms with Gasteiger partial charge in [-0.3, -0.25) is 0 Å². The molecule has 0 aliphatic heterocycles. The molecule has 4 aliphatic carbocycles. The first-order chi connectivity index (χ1) is 10.3. The van der Waals surface area contributed by atoms with Crippen molar-refractivity contribution in [3.8, 4) is 0 Å². The molecule has 4 saturated carbocycles. The van der Waals surface area contributed by atoms with E-state index in [4.69, 9.17) is 0 Å². The second kappa shape index (κ2) is 7.66. The van der Waals surface area contributed by atoms with Crippen LogP contribution >= 0.6 is 0 Å². The zero-order valence-electron chi connectivity index (χ0n) is 15.9. The van der Waals surface area contributed by atoms with E-state index in [9.17, 15) is 0 Å². The quantitative estimate of drug-likeness (QED) is 0.776. The monoisotopic (exact) mass is 308 g/mol. The largest absolute Gasteiger partial charge is 0.314 e. The van der Waals surface area contributed by atoms with Crippen LogP contribution in [-0.4, -0.2) is 24.7 Å². The van der Waals surface area contributed by atoms with Gasteiger partial charge in [-0.05, 0) is 61.7 Å². The van der Waals surface area contributed by atoms with Crippen molar-refractivity contribution in [3.63, 3.8) is 0 Å². The summed E-state index contributed by atoms with van der Waals surface area (Å²) in [5.74, 6) is 3.31. The first-order valence-electron chi connectivity index (χ1n) is 9.77. The van der Waals surface area contributed by atoms with Gasteiger partial charge in [0.05, 0.1) is 0 Å². The Morgan fingerprint density at radius 2 is 1.14 bits per heavy atom. The molecular weight excluding hydrogens is 268 g/mol. The second-order valence-corrected chi connectivity index (χ2v) is 9.43. The molecule has 4 rings (SSSR count). The summed E-state index contributed by atoms with van der Waals surface area (Å²) in [7, 11) is 0. The maximum atomic E-state index is 3.70. The molecule has 130 valence electrons. The second-order valence-electron chi connectivity index (χ2n) is 9.43. The van der Waals surface area contributed by atoms with Crippen molar-refractivity contribution in [1.29, 1.82) is 0 Å². The van der Waals surface area contributed by atoms with E-state index in [1.165, 1.54) is 6.54 Å². The van der Waals surface area contributed by atoms with Crippen molar-refractivity contribution < 1.29 is 0 Å². The molecule has 0 atom stereocenters. The molecule has 0 amide bonds. The molecular formula is C20H40N2. The maximum Gasteiger partial charge on any atom is 0.00127 e. The van der Waals surface area contributed by atoms with Crippen molar-refractivity contribution >= 4 is 0 Å². The minimum Gasteiger partial charge on any atom is -0.314 e. The fraction of sp³-hybridized carbons (Fsp3) is 1.00. The van der Waals surface area contributed by atoms with Crippen LogP contribution in [0.15, 0.2) is 0 Å². The summed E-state index contributed by atoms with van der Waals surface area (Å²) >= 11 is 0. The minimum atomic E-state index is 0.625. The van der Waals surface area contributed by atoms with E-state index in [0.29, 0.717) is 18.1 Å². The van der Waals surface area contributed by atoms with Crippen LogP contribution < -0.4 is 10.6 Å². The Balaban J connectivity index is 0.000000217. The molecule has 4 aliphatic rings. The Labute approximate surface area is 139 Å². The van der Waals surface area contributed by atoms with Crippen molar-refractivity contribution in [3.05, 3.63) is 0 Å². The Morgan fingerprint density at radius 3 is 1.41 bits per heavy atom.